The van der Waals surface area contributed by atoms with E-state index in [1.54, 1.807) is 0 Å². The highest BCUT2D eigenvalue weighted by Gasteiger charge is 2.03. The smallest absolute Gasteiger partial charge is 0.230 e. The number of carbonyl (C=O) groups is 1. The lowest BCUT2D eigenvalue weighted by atomic mass is 10.3. The van der Waals surface area contributed by atoms with Gasteiger partial charge in [0.1, 0.15) is 0 Å². The number of amides is 1. The predicted molar refractivity (Wildman–Crippen MR) is 77.5 cm³/mol. The Balaban J connectivity index is 1.73. The molecule has 0 aliphatic carbocycles. The fourth-order valence-corrected chi connectivity index (χ4v) is 2.39. The van der Waals surface area contributed by atoms with Gasteiger partial charge in [-0.1, -0.05) is 15.9 Å². The van der Waals surface area contributed by atoms with Gasteiger partial charge in [-0.05, 0) is 35.9 Å². The van der Waals surface area contributed by atoms with E-state index < -0.39 is 0 Å². The van der Waals surface area contributed by atoms with E-state index in [9.17, 15) is 4.79 Å². The van der Waals surface area contributed by atoms with E-state index in [1.165, 1.54) is 11.8 Å². The fraction of sp³-hybridized carbons (Fsp3) is 0.154. The highest BCUT2D eigenvalue weighted by atomic mass is 79.9. The van der Waals surface area contributed by atoms with Gasteiger partial charge in [-0.15, -0.1) is 11.8 Å². The lowest BCUT2D eigenvalue weighted by Gasteiger charge is -2.04. The number of halogens is 1. The molecule has 0 aliphatic rings. The maximum absolute atomic E-state index is 11.6. The third-order valence-electron chi connectivity index (χ3n) is 2.34. The molecule has 1 aromatic heterocycles. The summed E-state index contributed by atoms with van der Waals surface area (Å²) in [5, 5.41) is 2.88. The molecule has 2 N–H and O–H groups in total. The van der Waals surface area contributed by atoms with Crippen molar-refractivity contribution < 1.29 is 4.79 Å². The number of H-pyrrole nitrogens is 1. The number of thioether (sulfide) groups is 1. The second-order valence-electron chi connectivity index (χ2n) is 3.74. The Labute approximate surface area is 118 Å². The molecule has 0 bridgehead atoms. The Morgan fingerprint density at radius 3 is 2.72 bits per heavy atom. The molecule has 0 radical (unpaired) electrons. The van der Waals surface area contributed by atoms with E-state index >= 15 is 0 Å². The van der Waals surface area contributed by atoms with Crippen molar-refractivity contribution >= 4 is 33.6 Å². The first kappa shape index (κ1) is 13.2. The molecule has 0 atom stereocenters. The van der Waals surface area contributed by atoms with Gasteiger partial charge in [0.25, 0.3) is 0 Å². The van der Waals surface area contributed by atoms with E-state index in [2.05, 4.69) is 26.2 Å². The van der Waals surface area contributed by atoms with Gasteiger partial charge in [0, 0.05) is 28.3 Å². The van der Waals surface area contributed by atoms with Crippen molar-refractivity contribution in [3.8, 4) is 0 Å². The minimum atomic E-state index is 0.0455. The minimum Gasteiger partial charge on any atom is -0.367 e. The van der Waals surface area contributed by atoms with Crippen molar-refractivity contribution in [3.63, 3.8) is 0 Å². The van der Waals surface area contributed by atoms with Gasteiger partial charge < -0.3 is 10.3 Å². The van der Waals surface area contributed by atoms with E-state index in [4.69, 9.17) is 0 Å². The van der Waals surface area contributed by atoms with E-state index in [1.807, 2.05) is 42.7 Å². The van der Waals surface area contributed by atoms with Crippen LogP contribution in [0.5, 0.6) is 0 Å². The molecule has 0 fully saturated rings. The Morgan fingerprint density at radius 1 is 1.28 bits per heavy atom. The van der Waals surface area contributed by atoms with Crippen LogP contribution in [0.2, 0.25) is 0 Å². The van der Waals surface area contributed by atoms with Crippen molar-refractivity contribution in [2.45, 2.75) is 11.4 Å². The molecule has 18 heavy (non-hydrogen) atoms. The molecule has 0 spiro atoms. The second kappa shape index (κ2) is 6.66. The summed E-state index contributed by atoms with van der Waals surface area (Å²) < 4.78 is 1.05. The third-order valence-corrected chi connectivity index (χ3v) is 3.88. The van der Waals surface area contributed by atoms with Crippen molar-refractivity contribution in [1.29, 1.82) is 0 Å². The van der Waals surface area contributed by atoms with Gasteiger partial charge in [-0.25, -0.2) is 0 Å². The molecule has 1 heterocycles. The standard InChI is InChI=1S/C13H13BrN2OS/c14-11-1-3-12(4-2-11)18-9-13(17)16-8-10-5-6-15-7-10/h1-7,15H,8-9H2,(H,16,17). The Kier molecular flexibility index (Phi) is 4.90. The van der Waals surface area contributed by atoms with Crippen molar-refractivity contribution in [3.05, 3.63) is 52.8 Å². The number of hydrogen-bond donors (Lipinski definition) is 2. The number of nitrogens with one attached hydrogen (secondary N) is 2. The molecular weight excluding hydrogens is 312 g/mol. The van der Waals surface area contributed by atoms with Crippen LogP contribution in [-0.2, 0) is 11.3 Å². The predicted octanol–water partition coefficient (Wildman–Crippen LogP) is 3.19. The maximum Gasteiger partial charge on any atom is 0.230 e. The average molecular weight is 325 g/mol. The summed E-state index contributed by atoms with van der Waals surface area (Å²) >= 11 is 4.91. The normalized spacial score (nSPS) is 10.3. The quantitative estimate of drug-likeness (QED) is 0.830. The molecule has 3 nitrogen and oxygen atoms in total. The van der Waals surface area contributed by atoms with Gasteiger partial charge in [-0.3, -0.25) is 4.79 Å². The molecule has 0 saturated carbocycles. The Bertz CT molecular complexity index is 496. The largest absolute Gasteiger partial charge is 0.367 e. The summed E-state index contributed by atoms with van der Waals surface area (Å²) in [5.74, 6) is 0.482. The van der Waals surface area contributed by atoms with Crippen LogP contribution < -0.4 is 5.32 Å². The van der Waals surface area contributed by atoms with Crippen LogP contribution in [0.15, 0.2) is 52.1 Å². The van der Waals surface area contributed by atoms with Crippen LogP contribution in [-0.4, -0.2) is 16.6 Å². The van der Waals surface area contributed by atoms with Gasteiger partial charge >= 0.3 is 0 Å². The number of hydrogen-bond acceptors (Lipinski definition) is 2. The number of aromatic amines is 1. The summed E-state index contributed by atoms with van der Waals surface area (Å²) in [7, 11) is 0. The van der Waals surface area contributed by atoms with Crippen LogP contribution in [0.1, 0.15) is 5.56 Å². The SMILES string of the molecule is O=C(CSc1ccc(Br)cc1)NCc1cc[nH]c1. The second-order valence-corrected chi connectivity index (χ2v) is 5.70. The van der Waals surface area contributed by atoms with Gasteiger partial charge in [0.2, 0.25) is 5.91 Å². The van der Waals surface area contributed by atoms with Gasteiger partial charge in [0.05, 0.1) is 5.75 Å². The number of rotatable bonds is 5. The van der Waals surface area contributed by atoms with Crippen molar-refractivity contribution in [2.75, 3.05) is 5.75 Å². The lowest BCUT2D eigenvalue weighted by molar-refractivity contribution is -0.118. The topological polar surface area (TPSA) is 44.9 Å². The summed E-state index contributed by atoms with van der Waals surface area (Å²) in [6.07, 6.45) is 3.72. The first-order chi connectivity index (χ1) is 8.74. The van der Waals surface area contributed by atoms with E-state index in [0.29, 0.717) is 12.3 Å². The molecule has 94 valence electrons. The molecule has 5 heteroatoms. The fourth-order valence-electron chi connectivity index (χ4n) is 1.40. The third kappa shape index (κ3) is 4.23. The summed E-state index contributed by atoms with van der Waals surface area (Å²) in [4.78, 5) is 15.7. The van der Waals surface area contributed by atoms with Gasteiger partial charge in [-0.2, -0.15) is 0 Å². The summed E-state index contributed by atoms with van der Waals surface area (Å²) in [6, 6.07) is 9.88. The summed E-state index contributed by atoms with van der Waals surface area (Å²) in [6.45, 7) is 0.573. The van der Waals surface area contributed by atoms with E-state index in [0.717, 1.165) is 14.9 Å². The van der Waals surface area contributed by atoms with Crippen LogP contribution in [0.3, 0.4) is 0 Å². The Hall–Kier alpha value is -1.20. The number of carbonyl (C=O) groups excluding carboxylic acids is 1. The highest BCUT2D eigenvalue weighted by molar-refractivity contribution is 9.10. The zero-order chi connectivity index (χ0) is 12.8. The Morgan fingerprint density at radius 2 is 2.06 bits per heavy atom. The van der Waals surface area contributed by atoms with Crippen molar-refractivity contribution in [1.82, 2.24) is 10.3 Å². The first-order valence-corrected chi connectivity index (χ1v) is 7.28. The zero-order valence-corrected chi connectivity index (χ0v) is 12.1. The molecule has 0 saturated heterocycles. The molecule has 0 unspecified atom stereocenters. The van der Waals surface area contributed by atoms with Crippen LogP contribution in [0, 0.1) is 0 Å². The monoisotopic (exact) mass is 324 g/mol. The molecule has 0 aliphatic heterocycles. The minimum absolute atomic E-state index is 0.0455. The van der Waals surface area contributed by atoms with Crippen molar-refractivity contribution in [2.24, 2.45) is 0 Å². The lowest BCUT2D eigenvalue weighted by Crippen LogP contribution is -2.24. The molecular formula is C13H13BrN2OS. The zero-order valence-electron chi connectivity index (χ0n) is 9.65. The van der Waals surface area contributed by atoms with E-state index in [-0.39, 0.29) is 5.91 Å². The number of benzene rings is 1. The van der Waals surface area contributed by atoms with Gasteiger partial charge in [0.15, 0.2) is 0 Å². The summed E-state index contributed by atoms with van der Waals surface area (Å²) in [5.41, 5.74) is 1.08. The molecule has 1 aromatic carbocycles. The van der Waals surface area contributed by atoms with Crippen LogP contribution >= 0.6 is 27.7 Å². The highest BCUT2D eigenvalue weighted by Crippen LogP contribution is 2.20. The number of aromatic nitrogens is 1. The van der Waals surface area contributed by atoms with Crippen LogP contribution in [0.25, 0.3) is 0 Å². The van der Waals surface area contributed by atoms with Crippen LogP contribution in [0.4, 0.5) is 0 Å². The molecule has 1 amide bonds. The molecule has 2 aromatic rings. The maximum atomic E-state index is 11.6. The average Bonchev–Trinajstić information content (AvgIpc) is 2.89. The first-order valence-electron chi connectivity index (χ1n) is 5.51. The molecule has 2 rings (SSSR count).